The Kier molecular flexibility index (Phi) is 3.50. The fourth-order valence-electron chi connectivity index (χ4n) is 0.790. The molecule has 0 aliphatic rings. The van der Waals surface area contributed by atoms with Crippen LogP contribution in [0.3, 0.4) is 0 Å². The number of carbonyl (C=O) groups excluding carboxylic acids is 1. The molecule has 0 saturated heterocycles. The van der Waals surface area contributed by atoms with Crippen molar-refractivity contribution in [3.05, 3.63) is 22.6 Å². The van der Waals surface area contributed by atoms with E-state index in [0.29, 0.717) is 11.2 Å². The van der Waals surface area contributed by atoms with Gasteiger partial charge in [-0.1, -0.05) is 0 Å². The summed E-state index contributed by atoms with van der Waals surface area (Å²) in [7, 11) is 0. The second kappa shape index (κ2) is 4.43. The minimum atomic E-state index is -0.247. The first-order valence-corrected chi connectivity index (χ1v) is 4.69. The third-order valence-corrected chi connectivity index (χ3v) is 1.95. The Balaban J connectivity index is 2.58. The molecule has 1 aromatic heterocycles. The molecule has 5 heteroatoms. The standard InChI is InChI=1S/C8H11BrN2O2/c1-5(4-10)11-8(12)6-2-3-7(9)13-6/h2-3,5H,4,10H2,1H3,(H,11,12)/t5-/m1/s1. The maximum Gasteiger partial charge on any atom is 0.287 e. The van der Waals surface area contributed by atoms with Crippen LogP contribution < -0.4 is 11.1 Å². The van der Waals surface area contributed by atoms with Crippen molar-refractivity contribution in [1.82, 2.24) is 5.32 Å². The van der Waals surface area contributed by atoms with E-state index in [-0.39, 0.29) is 17.7 Å². The van der Waals surface area contributed by atoms with Crippen LogP contribution in [0.25, 0.3) is 0 Å². The van der Waals surface area contributed by atoms with Gasteiger partial charge in [0.05, 0.1) is 0 Å². The summed E-state index contributed by atoms with van der Waals surface area (Å²) in [5.41, 5.74) is 5.35. The summed E-state index contributed by atoms with van der Waals surface area (Å²) in [5, 5.41) is 2.68. The van der Waals surface area contributed by atoms with E-state index in [1.807, 2.05) is 6.92 Å². The largest absolute Gasteiger partial charge is 0.444 e. The molecule has 3 N–H and O–H groups in total. The molecule has 0 fully saturated rings. The van der Waals surface area contributed by atoms with Crippen molar-refractivity contribution in [1.29, 1.82) is 0 Å². The summed E-state index contributed by atoms with van der Waals surface area (Å²) in [6.45, 7) is 2.24. The maximum absolute atomic E-state index is 11.3. The van der Waals surface area contributed by atoms with Crippen LogP contribution >= 0.6 is 15.9 Å². The summed E-state index contributed by atoms with van der Waals surface area (Å²) >= 11 is 3.11. The van der Waals surface area contributed by atoms with Crippen LogP contribution in [-0.4, -0.2) is 18.5 Å². The van der Waals surface area contributed by atoms with Crippen molar-refractivity contribution in [2.24, 2.45) is 5.73 Å². The summed E-state index contributed by atoms with van der Waals surface area (Å²) in [4.78, 5) is 11.3. The minimum Gasteiger partial charge on any atom is -0.444 e. The van der Waals surface area contributed by atoms with E-state index in [1.54, 1.807) is 12.1 Å². The molecular weight excluding hydrogens is 236 g/mol. The van der Waals surface area contributed by atoms with Crippen LogP contribution in [-0.2, 0) is 0 Å². The molecule has 0 saturated carbocycles. The molecule has 1 aromatic rings. The Bertz CT molecular complexity index is 298. The van der Waals surface area contributed by atoms with Crippen LogP contribution in [0.15, 0.2) is 21.2 Å². The number of hydrogen-bond acceptors (Lipinski definition) is 3. The SMILES string of the molecule is C[C@H](CN)NC(=O)c1ccc(Br)o1. The van der Waals surface area contributed by atoms with Crippen molar-refractivity contribution in [2.75, 3.05) is 6.54 Å². The maximum atomic E-state index is 11.3. The van der Waals surface area contributed by atoms with Gasteiger partial charge in [0.2, 0.25) is 0 Å². The number of hydrogen-bond donors (Lipinski definition) is 2. The normalized spacial score (nSPS) is 12.5. The van der Waals surface area contributed by atoms with Crippen LogP contribution in [0.2, 0.25) is 0 Å². The van der Waals surface area contributed by atoms with E-state index in [1.165, 1.54) is 0 Å². The fraction of sp³-hybridized carbons (Fsp3) is 0.375. The zero-order valence-corrected chi connectivity index (χ0v) is 8.80. The lowest BCUT2D eigenvalue weighted by Crippen LogP contribution is -2.37. The van der Waals surface area contributed by atoms with Crippen molar-refractivity contribution < 1.29 is 9.21 Å². The summed E-state index contributed by atoms with van der Waals surface area (Å²) in [6, 6.07) is 3.22. The number of nitrogens with one attached hydrogen (secondary N) is 1. The van der Waals surface area contributed by atoms with Crippen LogP contribution in [0, 0.1) is 0 Å². The summed E-state index contributed by atoms with van der Waals surface area (Å²) in [5.74, 6) is 0.0378. The predicted molar refractivity (Wildman–Crippen MR) is 52.4 cm³/mol. The van der Waals surface area contributed by atoms with E-state index in [0.717, 1.165) is 0 Å². The molecular formula is C8H11BrN2O2. The fourth-order valence-corrected chi connectivity index (χ4v) is 1.10. The quantitative estimate of drug-likeness (QED) is 0.840. The van der Waals surface area contributed by atoms with Crippen LogP contribution in [0.1, 0.15) is 17.5 Å². The number of halogens is 1. The highest BCUT2D eigenvalue weighted by Crippen LogP contribution is 2.13. The molecule has 4 nitrogen and oxygen atoms in total. The smallest absolute Gasteiger partial charge is 0.287 e. The first-order chi connectivity index (χ1) is 6.13. The lowest BCUT2D eigenvalue weighted by Gasteiger charge is -2.08. The van der Waals surface area contributed by atoms with Gasteiger partial charge >= 0.3 is 0 Å². The van der Waals surface area contributed by atoms with Gasteiger partial charge in [-0.2, -0.15) is 0 Å². The number of nitrogens with two attached hydrogens (primary N) is 1. The minimum absolute atomic E-state index is 0.0450. The molecule has 1 amide bonds. The second-order valence-corrected chi connectivity index (χ2v) is 3.50. The van der Waals surface area contributed by atoms with E-state index in [4.69, 9.17) is 10.2 Å². The lowest BCUT2D eigenvalue weighted by molar-refractivity contribution is 0.0912. The van der Waals surface area contributed by atoms with Gasteiger partial charge in [-0.25, -0.2) is 0 Å². The van der Waals surface area contributed by atoms with Gasteiger partial charge in [0, 0.05) is 12.6 Å². The van der Waals surface area contributed by atoms with Gasteiger partial charge < -0.3 is 15.5 Å². The van der Waals surface area contributed by atoms with Crippen LogP contribution in [0.5, 0.6) is 0 Å². The summed E-state index contributed by atoms with van der Waals surface area (Å²) < 4.78 is 5.59. The molecule has 0 unspecified atom stereocenters. The van der Waals surface area contributed by atoms with Gasteiger partial charge in [-0.15, -0.1) is 0 Å². The molecule has 0 spiro atoms. The average Bonchev–Trinajstić information content (AvgIpc) is 2.51. The van der Waals surface area contributed by atoms with Gasteiger partial charge in [-0.05, 0) is 35.0 Å². The zero-order valence-electron chi connectivity index (χ0n) is 7.21. The Hall–Kier alpha value is -0.810. The molecule has 0 aliphatic carbocycles. The number of rotatable bonds is 3. The lowest BCUT2D eigenvalue weighted by atomic mass is 10.3. The van der Waals surface area contributed by atoms with E-state index >= 15 is 0 Å². The van der Waals surface area contributed by atoms with Gasteiger partial charge in [0.15, 0.2) is 10.4 Å². The van der Waals surface area contributed by atoms with E-state index < -0.39 is 0 Å². The Morgan fingerprint density at radius 3 is 2.92 bits per heavy atom. The van der Waals surface area contributed by atoms with Gasteiger partial charge in [0.25, 0.3) is 5.91 Å². The first-order valence-electron chi connectivity index (χ1n) is 3.89. The molecule has 13 heavy (non-hydrogen) atoms. The zero-order chi connectivity index (χ0) is 9.84. The highest BCUT2D eigenvalue weighted by atomic mass is 79.9. The monoisotopic (exact) mass is 246 g/mol. The summed E-state index contributed by atoms with van der Waals surface area (Å²) in [6.07, 6.45) is 0. The number of furan rings is 1. The van der Waals surface area contributed by atoms with Crippen LogP contribution in [0.4, 0.5) is 0 Å². The molecule has 1 rings (SSSR count). The Labute approximate surface area is 84.6 Å². The van der Waals surface area contributed by atoms with Gasteiger partial charge in [-0.3, -0.25) is 4.79 Å². The van der Waals surface area contributed by atoms with Gasteiger partial charge in [0.1, 0.15) is 0 Å². The van der Waals surface area contributed by atoms with Crippen molar-refractivity contribution in [2.45, 2.75) is 13.0 Å². The molecule has 0 aliphatic heterocycles. The van der Waals surface area contributed by atoms with Crippen molar-refractivity contribution in [3.63, 3.8) is 0 Å². The molecule has 0 radical (unpaired) electrons. The third-order valence-electron chi connectivity index (χ3n) is 1.53. The van der Waals surface area contributed by atoms with E-state index in [9.17, 15) is 4.79 Å². The first kappa shape index (κ1) is 10.3. The number of carbonyl (C=O) groups is 1. The molecule has 72 valence electrons. The molecule has 0 aromatic carbocycles. The van der Waals surface area contributed by atoms with Crippen molar-refractivity contribution >= 4 is 21.8 Å². The second-order valence-electron chi connectivity index (χ2n) is 2.71. The Morgan fingerprint density at radius 1 is 1.77 bits per heavy atom. The topological polar surface area (TPSA) is 68.3 Å². The molecule has 1 heterocycles. The number of amides is 1. The molecule has 1 atom stereocenters. The third kappa shape index (κ3) is 2.86. The highest BCUT2D eigenvalue weighted by Gasteiger charge is 2.11. The highest BCUT2D eigenvalue weighted by molar-refractivity contribution is 9.10. The molecule has 0 bridgehead atoms. The van der Waals surface area contributed by atoms with Crippen molar-refractivity contribution in [3.8, 4) is 0 Å². The Morgan fingerprint density at radius 2 is 2.46 bits per heavy atom. The predicted octanol–water partition coefficient (Wildman–Crippen LogP) is 1.12. The average molecular weight is 247 g/mol. The van der Waals surface area contributed by atoms with E-state index in [2.05, 4.69) is 21.2 Å².